The zero-order chi connectivity index (χ0) is 14.2. The van der Waals surface area contributed by atoms with Crippen LogP contribution in [0.4, 0.5) is 17.6 Å². The topological polar surface area (TPSA) is 41.5 Å². The minimum atomic E-state index is -4.76. The molecule has 1 heterocycles. The van der Waals surface area contributed by atoms with E-state index < -0.39 is 17.6 Å². The lowest BCUT2D eigenvalue weighted by molar-refractivity contribution is -0.140. The third kappa shape index (κ3) is 2.74. The van der Waals surface area contributed by atoms with Gasteiger partial charge in [0.15, 0.2) is 0 Å². The van der Waals surface area contributed by atoms with E-state index in [4.69, 9.17) is 0 Å². The van der Waals surface area contributed by atoms with Gasteiger partial charge in [0.1, 0.15) is 5.82 Å². The summed E-state index contributed by atoms with van der Waals surface area (Å²) in [6.07, 6.45) is -4.54. The first-order valence-corrected chi connectivity index (χ1v) is 5.52. The van der Waals surface area contributed by atoms with Crippen LogP contribution in [0.1, 0.15) is 24.5 Å². The fourth-order valence-corrected chi connectivity index (χ4v) is 1.77. The highest BCUT2D eigenvalue weighted by Crippen LogP contribution is 2.32. The molecule has 0 saturated heterocycles. The summed E-state index contributed by atoms with van der Waals surface area (Å²) in [6, 6.07) is 2.67. The lowest BCUT2D eigenvalue weighted by atomic mass is 9.96. The first-order chi connectivity index (χ1) is 8.79. The van der Waals surface area contributed by atoms with Crippen molar-refractivity contribution in [3.8, 4) is 0 Å². The summed E-state index contributed by atoms with van der Waals surface area (Å²) >= 11 is 0. The van der Waals surface area contributed by atoms with Crippen molar-refractivity contribution in [3.63, 3.8) is 0 Å². The van der Waals surface area contributed by atoms with Gasteiger partial charge < -0.3 is 0 Å². The van der Waals surface area contributed by atoms with Gasteiger partial charge in [-0.3, -0.25) is 4.79 Å². The third-order valence-corrected chi connectivity index (χ3v) is 2.85. The second kappa shape index (κ2) is 4.64. The summed E-state index contributed by atoms with van der Waals surface area (Å²) < 4.78 is 50.9. The maximum Gasteiger partial charge on any atom is 0.419 e. The number of carbonyl (C=O) groups is 1. The Kier molecular flexibility index (Phi) is 3.30. The molecule has 1 aromatic rings. The molecule has 1 aliphatic rings. The third-order valence-electron chi connectivity index (χ3n) is 2.85. The van der Waals surface area contributed by atoms with Crippen LogP contribution in [-0.2, 0) is 11.0 Å². The van der Waals surface area contributed by atoms with Crippen LogP contribution in [-0.4, -0.2) is 11.6 Å². The Labute approximate surface area is 106 Å². The number of halogens is 4. The number of alkyl halides is 3. The average Bonchev–Trinajstić information content (AvgIpc) is 2.32. The second-order valence-corrected chi connectivity index (χ2v) is 4.33. The highest BCUT2D eigenvalue weighted by atomic mass is 19.4. The summed E-state index contributed by atoms with van der Waals surface area (Å²) in [5.41, 5.74) is 1.35. The molecule has 0 radical (unpaired) electrons. The molecule has 0 spiro atoms. The summed E-state index contributed by atoms with van der Waals surface area (Å²) in [4.78, 5) is 11.2. The van der Waals surface area contributed by atoms with Gasteiger partial charge >= 0.3 is 6.18 Å². The van der Waals surface area contributed by atoms with Gasteiger partial charge in [-0.25, -0.2) is 9.82 Å². The largest absolute Gasteiger partial charge is 0.419 e. The number of hydrogen-bond donors (Lipinski definition) is 1. The highest BCUT2D eigenvalue weighted by molar-refractivity contribution is 6.04. The van der Waals surface area contributed by atoms with Crippen LogP contribution in [0, 0.1) is 11.7 Å². The van der Waals surface area contributed by atoms with Gasteiger partial charge in [-0.15, -0.1) is 0 Å². The molecule has 1 atom stereocenters. The number of amides is 1. The molecule has 0 unspecified atom stereocenters. The second-order valence-electron chi connectivity index (χ2n) is 4.33. The molecule has 102 valence electrons. The maximum atomic E-state index is 13.1. The van der Waals surface area contributed by atoms with E-state index in [2.05, 4.69) is 10.5 Å². The van der Waals surface area contributed by atoms with Crippen molar-refractivity contribution in [1.29, 1.82) is 0 Å². The fraction of sp³-hybridized carbons (Fsp3) is 0.333. The Balaban J connectivity index is 2.40. The number of nitrogens with zero attached hydrogens (tertiary/aromatic N) is 1. The predicted octanol–water partition coefficient (Wildman–Crippen LogP) is 2.70. The standard InChI is InChI=1S/C12H10F4N2O/c1-6-4-10(17-18-11(6)19)7-2-3-9(13)8(5-7)12(14,15)16/h2-3,5-6H,4H2,1H3,(H,18,19)/t6-/m0/s1. The number of nitrogens with one attached hydrogen (secondary N) is 1. The van der Waals surface area contributed by atoms with E-state index >= 15 is 0 Å². The van der Waals surface area contributed by atoms with E-state index in [0.29, 0.717) is 11.8 Å². The Bertz CT molecular complexity index is 551. The van der Waals surface area contributed by atoms with Gasteiger partial charge in [0.2, 0.25) is 5.91 Å². The summed E-state index contributed by atoms with van der Waals surface area (Å²) in [5.74, 6) is -2.00. The first-order valence-electron chi connectivity index (χ1n) is 5.52. The van der Waals surface area contributed by atoms with Crippen LogP contribution in [0.25, 0.3) is 0 Å². The Hall–Kier alpha value is -1.92. The van der Waals surface area contributed by atoms with Gasteiger partial charge in [0, 0.05) is 12.3 Å². The van der Waals surface area contributed by atoms with Crippen LogP contribution < -0.4 is 5.43 Å². The first kappa shape index (κ1) is 13.5. The molecule has 1 amide bonds. The van der Waals surface area contributed by atoms with Gasteiger partial charge in [0.25, 0.3) is 0 Å². The van der Waals surface area contributed by atoms with Gasteiger partial charge in [-0.2, -0.15) is 18.3 Å². The van der Waals surface area contributed by atoms with Crippen molar-refractivity contribution < 1.29 is 22.4 Å². The zero-order valence-corrected chi connectivity index (χ0v) is 9.88. The minimum Gasteiger partial charge on any atom is -0.273 e. The van der Waals surface area contributed by atoms with Crippen molar-refractivity contribution in [2.45, 2.75) is 19.5 Å². The summed E-state index contributed by atoms with van der Waals surface area (Å²) in [6.45, 7) is 1.64. The number of carbonyl (C=O) groups excluding carboxylic acids is 1. The molecule has 3 nitrogen and oxygen atoms in total. The van der Waals surface area contributed by atoms with E-state index in [0.717, 1.165) is 6.07 Å². The quantitative estimate of drug-likeness (QED) is 0.786. The van der Waals surface area contributed by atoms with E-state index in [1.165, 1.54) is 6.07 Å². The molecule has 0 saturated carbocycles. The summed E-state index contributed by atoms with van der Waals surface area (Å²) in [5, 5.41) is 3.71. The number of rotatable bonds is 1. The molecule has 1 aromatic carbocycles. The molecular formula is C12H10F4N2O. The van der Waals surface area contributed by atoms with E-state index in [1.807, 2.05) is 0 Å². The number of benzene rings is 1. The van der Waals surface area contributed by atoms with Gasteiger partial charge in [-0.05, 0) is 17.7 Å². The highest BCUT2D eigenvalue weighted by Gasteiger charge is 2.34. The SMILES string of the molecule is C[C@H]1CC(c2ccc(F)c(C(F)(F)F)c2)=NNC1=O. The van der Waals surface area contributed by atoms with Gasteiger partial charge in [0.05, 0.1) is 11.3 Å². The van der Waals surface area contributed by atoms with E-state index in [-0.39, 0.29) is 23.8 Å². The maximum absolute atomic E-state index is 13.1. The molecule has 0 bridgehead atoms. The van der Waals surface area contributed by atoms with Crippen molar-refractivity contribution >= 4 is 11.6 Å². The van der Waals surface area contributed by atoms with Crippen LogP contribution in [0.3, 0.4) is 0 Å². The van der Waals surface area contributed by atoms with Gasteiger partial charge in [-0.1, -0.05) is 13.0 Å². The molecule has 0 aromatic heterocycles. The van der Waals surface area contributed by atoms with Crippen LogP contribution in [0.15, 0.2) is 23.3 Å². The molecule has 19 heavy (non-hydrogen) atoms. The van der Waals surface area contributed by atoms with E-state index in [9.17, 15) is 22.4 Å². The average molecular weight is 274 g/mol. The Morgan fingerprint density at radius 1 is 1.37 bits per heavy atom. The monoisotopic (exact) mass is 274 g/mol. The molecular weight excluding hydrogens is 264 g/mol. The smallest absolute Gasteiger partial charge is 0.273 e. The number of hydrogen-bond acceptors (Lipinski definition) is 2. The molecule has 7 heteroatoms. The van der Waals surface area contributed by atoms with Crippen molar-refractivity contribution in [2.24, 2.45) is 11.0 Å². The normalized spacial score (nSPS) is 19.9. The van der Waals surface area contributed by atoms with Crippen molar-refractivity contribution in [2.75, 3.05) is 0 Å². The molecule has 2 rings (SSSR count). The lowest BCUT2D eigenvalue weighted by Crippen LogP contribution is -2.33. The van der Waals surface area contributed by atoms with Crippen molar-refractivity contribution in [3.05, 3.63) is 35.1 Å². The van der Waals surface area contributed by atoms with E-state index in [1.54, 1.807) is 6.92 Å². The lowest BCUT2D eigenvalue weighted by Gasteiger charge is -2.18. The predicted molar refractivity (Wildman–Crippen MR) is 59.9 cm³/mol. The molecule has 1 aliphatic heterocycles. The fourth-order valence-electron chi connectivity index (χ4n) is 1.77. The zero-order valence-electron chi connectivity index (χ0n) is 9.88. The number of hydrazone groups is 1. The van der Waals surface area contributed by atoms with Crippen LogP contribution >= 0.6 is 0 Å². The molecule has 1 N–H and O–H groups in total. The minimum absolute atomic E-state index is 0.153. The summed E-state index contributed by atoms with van der Waals surface area (Å²) in [7, 11) is 0. The van der Waals surface area contributed by atoms with Crippen LogP contribution in [0.5, 0.6) is 0 Å². The Morgan fingerprint density at radius 3 is 2.63 bits per heavy atom. The Morgan fingerprint density at radius 2 is 2.05 bits per heavy atom. The van der Waals surface area contributed by atoms with Crippen LogP contribution in [0.2, 0.25) is 0 Å². The molecule has 0 aliphatic carbocycles. The van der Waals surface area contributed by atoms with Crippen molar-refractivity contribution in [1.82, 2.24) is 5.43 Å². The molecule has 0 fully saturated rings.